The lowest BCUT2D eigenvalue weighted by atomic mass is 9.87. The van der Waals surface area contributed by atoms with E-state index in [0.717, 1.165) is 12.1 Å². The Bertz CT molecular complexity index is 1560. The molecule has 0 spiro atoms. The van der Waals surface area contributed by atoms with Crippen molar-refractivity contribution in [3.8, 4) is 17.6 Å². The second kappa shape index (κ2) is 11.9. The Balaban J connectivity index is 2.39. The van der Waals surface area contributed by atoms with E-state index in [1.807, 2.05) is 0 Å². The predicted octanol–water partition coefficient (Wildman–Crippen LogP) is 8.33. The highest BCUT2D eigenvalue weighted by Crippen LogP contribution is 2.65. The van der Waals surface area contributed by atoms with Crippen LogP contribution in [0.3, 0.4) is 0 Å². The molecule has 0 aliphatic rings. The highest BCUT2D eigenvalue weighted by molar-refractivity contribution is 5.91. The lowest BCUT2D eigenvalue weighted by Crippen LogP contribution is -2.76. The summed E-state index contributed by atoms with van der Waals surface area (Å²) in [5.74, 6) is -76.3. The topological polar surface area (TPSA) is 76.4 Å². The molecule has 0 aliphatic heterocycles. The molecule has 2 aromatic rings. The average molecular weight is 735 g/mol. The van der Waals surface area contributed by atoms with Crippen LogP contribution in [0.5, 0.6) is 11.5 Å². The van der Waals surface area contributed by atoms with E-state index >= 15 is 0 Å². The van der Waals surface area contributed by atoms with E-state index < -0.39 is 76.8 Å². The van der Waals surface area contributed by atoms with Crippen molar-refractivity contribution >= 4 is 11.9 Å². The van der Waals surface area contributed by atoms with Crippen LogP contribution >= 0.6 is 0 Å². The van der Waals surface area contributed by atoms with E-state index in [9.17, 15) is 93.0 Å². The minimum atomic E-state index is -9.13. The van der Waals surface area contributed by atoms with E-state index in [-0.39, 0.29) is 23.4 Å². The molecule has 0 amide bonds. The van der Waals surface area contributed by atoms with Gasteiger partial charge in [-0.15, -0.1) is 0 Å². The SMILES string of the molecule is N#Cc1ccc(OC(=O)c2ccc(OC(=O)C(F)(F)C(F)(F)C(F)(F)C(F)(F)C(F)(F)C(F)(F)C(F)(F)C(F)(F)C(F)(F)F)cc2)cc1. The molecule has 5 nitrogen and oxygen atoms in total. The van der Waals surface area contributed by atoms with Gasteiger partial charge in [0, 0.05) is 0 Å². The first kappa shape index (κ1) is 39.7. The van der Waals surface area contributed by atoms with E-state index in [0.29, 0.717) is 12.1 Å². The highest BCUT2D eigenvalue weighted by atomic mass is 19.4. The van der Waals surface area contributed by atoms with Crippen LogP contribution in [0.25, 0.3) is 0 Å². The van der Waals surface area contributed by atoms with E-state index in [2.05, 4.69) is 4.74 Å². The number of nitrogens with zero attached hydrogens (tertiary/aromatic N) is 1. The zero-order valence-corrected chi connectivity index (χ0v) is 21.9. The first-order valence-corrected chi connectivity index (χ1v) is 11.4. The summed E-state index contributed by atoms with van der Waals surface area (Å²) in [4.78, 5) is 23.7. The number of hydrogen-bond donors (Lipinski definition) is 0. The van der Waals surface area contributed by atoms with Gasteiger partial charge in [-0.3, -0.25) is 0 Å². The van der Waals surface area contributed by atoms with Gasteiger partial charge in [-0.05, 0) is 48.5 Å². The van der Waals surface area contributed by atoms with Crippen molar-refractivity contribution in [1.29, 1.82) is 5.26 Å². The molecule has 0 saturated heterocycles. The smallest absolute Gasteiger partial charge is 0.423 e. The van der Waals surface area contributed by atoms with E-state index in [1.165, 1.54) is 12.1 Å². The van der Waals surface area contributed by atoms with Gasteiger partial charge in [-0.25, -0.2) is 9.59 Å². The third-order valence-corrected chi connectivity index (χ3v) is 5.87. The summed E-state index contributed by atoms with van der Waals surface area (Å²) in [7, 11) is 0. The maximum Gasteiger partial charge on any atom is 0.460 e. The van der Waals surface area contributed by atoms with Crippen molar-refractivity contribution in [2.75, 3.05) is 0 Å². The Morgan fingerprint density at radius 3 is 1.19 bits per heavy atom. The van der Waals surface area contributed by atoms with Crippen molar-refractivity contribution in [2.45, 2.75) is 53.6 Å². The van der Waals surface area contributed by atoms with Crippen molar-refractivity contribution < 1.29 is 102 Å². The summed E-state index contributed by atoms with van der Waals surface area (Å²) in [5.41, 5.74) is -0.456. The lowest BCUT2D eigenvalue weighted by Gasteiger charge is -2.43. The second-order valence-corrected chi connectivity index (χ2v) is 9.03. The van der Waals surface area contributed by atoms with Gasteiger partial charge in [-0.1, -0.05) is 0 Å². The van der Waals surface area contributed by atoms with Gasteiger partial charge < -0.3 is 9.47 Å². The molecule has 0 radical (unpaired) electrons. The van der Waals surface area contributed by atoms with Crippen molar-refractivity contribution in [2.24, 2.45) is 0 Å². The molecule has 2 rings (SSSR count). The fourth-order valence-electron chi connectivity index (χ4n) is 3.08. The zero-order valence-electron chi connectivity index (χ0n) is 21.9. The van der Waals surface area contributed by atoms with Crippen molar-refractivity contribution in [1.82, 2.24) is 0 Å². The van der Waals surface area contributed by atoms with Crippen LogP contribution in [0, 0.1) is 11.3 Å². The Hall–Kier alpha value is -4.46. The molecule has 0 aromatic heterocycles. The molecule has 2 aromatic carbocycles. The van der Waals surface area contributed by atoms with Gasteiger partial charge in [-0.2, -0.15) is 88.7 Å². The summed E-state index contributed by atoms with van der Waals surface area (Å²) in [6.07, 6.45) is -8.00. The maximum absolute atomic E-state index is 14.1. The second-order valence-electron chi connectivity index (χ2n) is 9.03. The van der Waals surface area contributed by atoms with Gasteiger partial charge in [0.15, 0.2) is 0 Å². The van der Waals surface area contributed by atoms with Crippen LogP contribution in [-0.4, -0.2) is 65.5 Å². The summed E-state index contributed by atoms with van der Waals surface area (Å²) in [6, 6.07) is 7.75. The Morgan fingerprint density at radius 2 is 0.812 bits per heavy atom. The Labute approximate surface area is 251 Å². The summed E-state index contributed by atoms with van der Waals surface area (Å²) < 4.78 is 263. The third-order valence-electron chi connectivity index (χ3n) is 5.87. The first-order valence-electron chi connectivity index (χ1n) is 11.4. The monoisotopic (exact) mass is 735 g/mol. The van der Waals surface area contributed by atoms with Gasteiger partial charge in [0.2, 0.25) is 0 Å². The summed E-state index contributed by atoms with van der Waals surface area (Å²) >= 11 is 0. The number of esters is 2. The summed E-state index contributed by atoms with van der Waals surface area (Å²) in [6.45, 7) is 0. The van der Waals surface area contributed by atoms with Crippen molar-refractivity contribution in [3.63, 3.8) is 0 Å². The van der Waals surface area contributed by atoms with Gasteiger partial charge in [0.25, 0.3) is 0 Å². The van der Waals surface area contributed by atoms with Crippen molar-refractivity contribution in [3.05, 3.63) is 59.7 Å². The van der Waals surface area contributed by atoms with Crippen LogP contribution in [-0.2, 0) is 4.79 Å². The van der Waals surface area contributed by atoms with Gasteiger partial charge in [0.1, 0.15) is 11.5 Å². The third kappa shape index (κ3) is 5.90. The van der Waals surface area contributed by atoms with Crippen LogP contribution in [0.1, 0.15) is 15.9 Å². The van der Waals surface area contributed by atoms with E-state index in [1.54, 1.807) is 6.07 Å². The molecule has 0 fully saturated rings. The molecule has 266 valence electrons. The summed E-state index contributed by atoms with van der Waals surface area (Å²) in [5, 5.41) is 8.69. The first-order chi connectivity index (χ1) is 21.3. The van der Waals surface area contributed by atoms with Crippen LogP contribution in [0.4, 0.5) is 83.4 Å². The number of nitriles is 1. The largest absolute Gasteiger partial charge is 0.460 e. The Kier molecular flexibility index (Phi) is 9.85. The van der Waals surface area contributed by atoms with Gasteiger partial charge >= 0.3 is 65.5 Å². The minimum Gasteiger partial charge on any atom is -0.423 e. The standard InChI is InChI=1S/C24H8F19NO4/c25-16(26,15(46)48-13-7-3-11(4-8-13)14(45)47-12-5-1-10(9-44)2-6-12)17(27,28)18(29,30)19(31,32)20(33,34)21(35,36)22(37,38)23(39,40)24(41,42)43/h1-8H. The maximum atomic E-state index is 14.1. The molecular weight excluding hydrogens is 727 g/mol. The van der Waals surface area contributed by atoms with Crippen LogP contribution in [0.15, 0.2) is 48.5 Å². The number of halogens is 19. The Morgan fingerprint density at radius 1 is 0.479 bits per heavy atom. The fourth-order valence-corrected chi connectivity index (χ4v) is 3.08. The molecule has 0 bridgehead atoms. The zero-order chi connectivity index (χ0) is 37.7. The molecule has 0 aliphatic carbocycles. The molecular formula is C24H8F19NO4. The molecule has 0 saturated carbocycles. The number of carbonyl (C=O) groups is 2. The number of rotatable bonds is 11. The predicted molar refractivity (Wildman–Crippen MR) is 114 cm³/mol. The van der Waals surface area contributed by atoms with Gasteiger partial charge in [0.05, 0.1) is 17.2 Å². The normalized spacial score (nSPS) is 14.3. The molecule has 0 atom stereocenters. The number of ether oxygens (including phenoxy) is 2. The number of benzene rings is 2. The van der Waals surface area contributed by atoms with Crippen LogP contribution in [0.2, 0.25) is 0 Å². The highest BCUT2D eigenvalue weighted by Gasteiger charge is 2.97. The van der Waals surface area contributed by atoms with E-state index in [4.69, 9.17) is 10.00 Å². The fraction of sp³-hybridized carbons (Fsp3) is 0.375. The lowest BCUT2D eigenvalue weighted by molar-refractivity contribution is -0.467. The average Bonchev–Trinajstić information content (AvgIpc) is 2.96. The molecule has 24 heteroatoms. The molecule has 0 heterocycles. The quantitative estimate of drug-likeness (QED) is 0.132. The van der Waals surface area contributed by atoms with Crippen LogP contribution < -0.4 is 9.47 Å². The number of alkyl halides is 19. The molecule has 0 N–H and O–H groups in total. The molecule has 0 unspecified atom stereocenters. The number of hydrogen-bond acceptors (Lipinski definition) is 5. The minimum absolute atomic E-state index is 0.114. The number of carbonyl (C=O) groups excluding carboxylic acids is 2. The molecule has 48 heavy (non-hydrogen) atoms.